The number of para-hydroxylation sites is 1. The number of likely N-dealkylation sites (tertiary alicyclic amines) is 1. The molecule has 2 aromatic carbocycles. The summed E-state index contributed by atoms with van der Waals surface area (Å²) >= 11 is 0. The first-order valence-electron chi connectivity index (χ1n) is 8.49. The summed E-state index contributed by atoms with van der Waals surface area (Å²) < 4.78 is 19.5. The molecular formula is C20H23FN2O2. The number of ether oxygens (including phenoxy) is 1. The van der Waals surface area contributed by atoms with Crippen molar-refractivity contribution in [3.05, 3.63) is 59.9 Å². The van der Waals surface area contributed by atoms with Gasteiger partial charge in [0.05, 0.1) is 11.2 Å². The van der Waals surface area contributed by atoms with E-state index in [0.29, 0.717) is 13.2 Å². The van der Waals surface area contributed by atoms with Gasteiger partial charge in [0.1, 0.15) is 18.2 Å². The second-order valence-corrected chi connectivity index (χ2v) is 6.61. The smallest absolute Gasteiger partial charge is 0.244 e. The number of aryl methyl sites for hydroxylation is 1. The summed E-state index contributed by atoms with van der Waals surface area (Å²) in [6, 6.07) is 14.1. The van der Waals surface area contributed by atoms with Gasteiger partial charge in [0.15, 0.2) is 0 Å². The van der Waals surface area contributed by atoms with Gasteiger partial charge < -0.3 is 10.1 Å². The molecule has 1 heterocycles. The maximum atomic E-state index is 13.7. The average Bonchev–Trinajstić information content (AvgIpc) is 2.60. The number of nitrogens with zero attached hydrogens (tertiary/aromatic N) is 1. The van der Waals surface area contributed by atoms with Crippen LogP contribution in [0.1, 0.15) is 18.9 Å². The molecule has 1 unspecified atom stereocenters. The molecule has 0 radical (unpaired) electrons. The lowest BCUT2D eigenvalue weighted by Gasteiger charge is -2.49. The lowest BCUT2D eigenvalue weighted by atomic mass is 9.85. The minimum Gasteiger partial charge on any atom is -0.492 e. The molecule has 5 heteroatoms. The van der Waals surface area contributed by atoms with Crippen LogP contribution in [-0.2, 0) is 4.79 Å². The zero-order valence-corrected chi connectivity index (χ0v) is 14.6. The quantitative estimate of drug-likeness (QED) is 0.872. The van der Waals surface area contributed by atoms with E-state index in [1.807, 2.05) is 38.1 Å². The van der Waals surface area contributed by atoms with Crippen molar-refractivity contribution in [3.8, 4) is 5.75 Å². The molecular weight excluding hydrogens is 319 g/mol. The molecule has 2 aromatic rings. The Bertz CT molecular complexity index is 748. The molecule has 1 N–H and O–H groups in total. The largest absolute Gasteiger partial charge is 0.492 e. The SMILES string of the molecule is Cc1ccc(OCCN2CCC2(C)C(=O)Nc2ccccc2F)cc1. The second-order valence-electron chi connectivity index (χ2n) is 6.61. The third kappa shape index (κ3) is 3.82. The molecule has 0 aromatic heterocycles. The van der Waals surface area contributed by atoms with Crippen molar-refractivity contribution >= 4 is 11.6 Å². The fourth-order valence-electron chi connectivity index (χ4n) is 2.95. The molecule has 1 fully saturated rings. The molecule has 1 amide bonds. The van der Waals surface area contributed by atoms with E-state index in [2.05, 4.69) is 10.2 Å². The zero-order valence-electron chi connectivity index (χ0n) is 14.6. The summed E-state index contributed by atoms with van der Waals surface area (Å²) in [4.78, 5) is 14.7. The molecule has 0 spiro atoms. The second kappa shape index (κ2) is 7.23. The van der Waals surface area contributed by atoms with E-state index in [9.17, 15) is 9.18 Å². The Hall–Kier alpha value is -2.40. The highest BCUT2D eigenvalue weighted by Gasteiger charge is 2.46. The van der Waals surface area contributed by atoms with Gasteiger partial charge in [-0.15, -0.1) is 0 Å². The van der Waals surface area contributed by atoms with Gasteiger partial charge in [-0.25, -0.2) is 4.39 Å². The van der Waals surface area contributed by atoms with Crippen LogP contribution in [0.4, 0.5) is 10.1 Å². The molecule has 0 saturated carbocycles. The Balaban J connectivity index is 1.54. The van der Waals surface area contributed by atoms with Crippen molar-refractivity contribution in [1.82, 2.24) is 4.90 Å². The van der Waals surface area contributed by atoms with Crippen LogP contribution in [0.25, 0.3) is 0 Å². The van der Waals surface area contributed by atoms with Crippen molar-refractivity contribution in [2.75, 3.05) is 25.0 Å². The van der Waals surface area contributed by atoms with Crippen LogP contribution in [0.3, 0.4) is 0 Å². The summed E-state index contributed by atoms with van der Waals surface area (Å²) in [7, 11) is 0. The van der Waals surface area contributed by atoms with Crippen LogP contribution in [0.15, 0.2) is 48.5 Å². The first-order valence-corrected chi connectivity index (χ1v) is 8.49. The van der Waals surface area contributed by atoms with E-state index < -0.39 is 11.4 Å². The van der Waals surface area contributed by atoms with Gasteiger partial charge in [0.2, 0.25) is 5.91 Å². The van der Waals surface area contributed by atoms with E-state index in [1.54, 1.807) is 18.2 Å². The summed E-state index contributed by atoms with van der Waals surface area (Å²) in [5.74, 6) is 0.218. The maximum Gasteiger partial charge on any atom is 0.244 e. The minimum atomic E-state index is -0.626. The van der Waals surface area contributed by atoms with Crippen molar-refractivity contribution in [1.29, 1.82) is 0 Å². The molecule has 4 nitrogen and oxygen atoms in total. The highest BCUT2D eigenvalue weighted by atomic mass is 19.1. The van der Waals surface area contributed by atoms with Gasteiger partial charge >= 0.3 is 0 Å². The number of halogens is 1. The lowest BCUT2D eigenvalue weighted by Crippen LogP contribution is -2.65. The summed E-state index contributed by atoms with van der Waals surface area (Å²) in [6.07, 6.45) is 0.748. The number of carbonyl (C=O) groups excluding carboxylic acids is 1. The fraction of sp³-hybridized carbons (Fsp3) is 0.350. The molecule has 1 aliphatic rings. The maximum absolute atomic E-state index is 13.7. The van der Waals surface area contributed by atoms with Gasteiger partial charge in [0.25, 0.3) is 0 Å². The van der Waals surface area contributed by atoms with Crippen LogP contribution >= 0.6 is 0 Å². The topological polar surface area (TPSA) is 41.6 Å². The number of hydrogen-bond donors (Lipinski definition) is 1. The highest BCUT2D eigenvalue weighted by molar-refractivity contribution is 5.98. The predicted octanol–water partition coefficient (Wildman–Crippen LogP) is 3.62. The van der Waals surface area contributed by atoms with E-state index in [1.165, 1.54) is 11.6 Å². The summed E-state index contributed by atoms with van der Waals surface area (Å²) in [6.45, 7) is 5.90. The molecule has 0 aliphatic carbocycles. The highest BCUT2D eigenvalue weighted by Crippen LogP contribution is 2.31. The van der Waals surface area contributed by atoms with Crippen molar-refractivity contribution < 1.29 is 13.9 Å². The Morgan fingerprint density at radius 2 is 1.96 bits per heavy atom. The predicted molar refractivity (Wildman–Crippen MR) is 96.3 cm³/mol. The van der Waals surface area contributed by atoms with E-state index in [4.69, 9.17) is 4.74 Å². The Morgan fingerprint density at radius 1 is 1.24 bits per heavy atom. The molecule has 1 aliphatic heterocycles. The fourth-order valence-corrected chi connectivity index (χ4v) is 2.95. The van der Waals surface area contributed by atoms with Gasteiger partial charge in [-0.05, 0) is 44.5 Å². The average molecular weight is 342 g/mol. The molecule has 1 saturated heterocycles. The third-order valence-electron chi connectivity index (χ3n) is 4.83. The van der Waals surface area contributed by atoms with Crippen molar-refractivity contribution in [3.63, 3.8) is 0 Å². The molecule has 1 atom stereocenters. The normalized spacial score (nSPS) is 20.0. The minimum absolute atomic E-state index is 0.181. The molecule has 132 valence electrons. The van der Waals surface area contributed by atoms with E-state index >= 15 is 0 Å². The van der Waals surface area contributed by atoms with Crippen LogP contribution in [0, 0.1) is 12.7 Å². The number of amides is 1. The van der Waals surface area contributed by atoms with Gasteiger partial charge in [-0.2, -0.15) is 0 Å². The third-order valence-corrected chi connectivity index (χ3v) is 4.83. The van der Waals surface area contributed by atoms with Crippen LogP contribution < -0.4 is 10.1 Å². The number of hydrogen-bond acceptors (Lipinski definition) is 3. The zero-order chi connectivity index (χ0) is 17.9. The summed E-state index contributed by atoms with van der Waals surface area (Å²) in [5.41, 5.74) is 0.780. The van der Waals surface area contributed by atoms with E-state index in [0.717, 1.165) is 18.7 Å². The molecule has 25 heavy (non-hydrogen) atoms. The first-order chi connectivity index (χ1) is 12.0. The number of anilines is 1. The molecule has 0 bridgehead atoms. The molecule has 3 rings (SSSR count). The van der Waals surface area contributed by atoms with Crippen molar-refractivity contribution in [2.45, 2.75) is 25.8 Å². The lowest BCUT2D eigenvalue weighted by molar-refractivity contribution is -0.135. The van der Waals surface area contributed by atoms with Gasteiger partial charge in [-0.1, -0.05) is 29.8 Å². The standard InChI is InChI=1S/C20H23FN2O2/c1-15-7-9-16(10-8-15)25-14-13-23-12-11-20(23,2)19(24)22-18-6-4-3-5-17(18)21/h3-10H,11-14H2,1-2H3,(H,22,24). The van der Waals surface area contributed by atoms with Gasteiger partial charge in [-0.3, -0.25) is 9.69 Å². The Morgan fingerprint density at radius 3 is 2.60 bits per heavy atom. The Kier molecular flexibility index (Phi) is 5.04. The van der Waals surface area contributed by atoms with Gasteiger partial charge in [0, 0.05) is 13.1 Å². The van der Waals surface area contributed by atoms with E-state index in [-0.39, 0.29) is 11.6 Å². The monoisotopic (exact) mass is 342 g/mol. The van der Waals surface area contributed by atoms with Crippen LogP contribution in [0.2, 0.25) is 0 Å². The first kappa shape index (κ1) is 17.4. The number of benzene rings is 2. The van der Waals surface area contributed by atoms with Crippen molar-refractivity contribution in [2.24, 2.45) is 0 Å². The van der Waals surface area contributed by atoms with Crippen LogP contribution in [0.5, 0.6) is 5.75 Å². The number of nitrogens with one attached hydrogen (secondary N) is 1. The van der Waals surface area contributed by atoms with Crippen LogP contribution in [-0.4, -0.2) is 36.0 Å². The number of carbonyl (C=O) groups is 1. The summed E-state index contributed by atoms with van der Waals surface area (Å²) in [5, 5.41) is 2.70. The Labute approximate surface area is 147 Å². The number of rotatable bonds is 6.